The third kappa shape index (κ3) is 1.05. The number of carboxylic acids is 2. The van der Waals surface area contributed by atoms with E-state index in [9.17, 15) is 19.8 Å². The zero-order chi connectivity index (χ0) is 12.9. The highest BCUT2D eigenvalue weighted by Gasteiger charge is 2.54. The van der Waals surface area contributed by atoms with Gasteiger partial charge in [0, 0.05) is 0 Å². The van der Waals surface area contributed by atoms with E-state index in [-0.39, 0.29) is 6.42 Å². The Labute approximate surface area is 103 Å². The van der Waals surface area contributed by atoms with E-state index in [1.165, 1.54) is 0 Å². The molecule has 0 saturated heterocycles. The first-order valence-corrected chi connectivity index (χ1v) is 5.57. The molecule has 0 saturated carbocycles. The van der Waals surface area contributed by atoms with Crippen molar-refractivity contribution in [3.63, 3.8) is 0 Å². The summed E-state index contributed by atoms with van der Waals surface area (Å²) in [7, 11) is 0. The summed E-state index contributed by atoms with van der Waals surface area (Å²) in [6.07, 6.45) is 3.42. The first-order valence-electron chi connectivity index (χ1n) is 5.57. The van der Waals surface area contributed by atoms with Crippen molar-refractivity contribution in [1.29, 1.82) is 0 Å². The Morgan fingerprint density at radius 1 is 1.06 bits per heavy atom. The Bertz CT molecular complexity index is 623. The first kappa shape index (κ1) is 10.8. The summed E-state index contributed by atoms with van der Waals surface area (Å²) >= 11 is 0. The molecule has 1 aromatic rings. The molecule has 0 aliphatic heterocycles. The van der Waals surface area contributed by atoms with Crippen molar-refractivity contribution in [3.8, 4) is 0 Å². The molecule has 0 atom stereocenters. The van der Waals surface area contributed by atoms with E-state index in [0.29, 0.717) is 5.57 Å². The maximum atomic E-state index is 11.5. The van der Waals surface area contributed by atoms with Gasteiger partial charge in [-0.15, -0.1) is 0 Å². The predicted octanol–water partition coefficient (Wildman–Crippen LogP) is 2.03. The van der Waals surface area contributed by atoms with Crippen LogP contribution in [-0.4, -0.2) is 22.2 Å². The van der Waals surface area contributed by atoms with E-state index >= 15 is 0 Å². The van der Waals surface area contributed by atoms with Crippen LogP contribution in [0.15, 0.2) is 36.4 Å². The van der Waals surface area contributed by atoms with E-state index in [4.69, 9.17) is 0 Å². The molecule has 4 nitrogen and oxygen atoms in total. The molecular formula is C14H10O4. The highest BCUT2D eigenvalue weighted by Crippen LogP contribution is 2.54. The van der Waals surface area contributed by atoms with Crippen LogP contribution < -0.4 is 0 Å². The van der Waals surface area contributed by atoms with Crippen molar-refractivity contribution in [2.45, 2.75) is 6.42 Å². The number of hydrogen-bond donors (Lipinski definition) is 2. The second kappa shape index (κ2) is 3.32. The number of carbonyl (C=O) groups is 2. The third-order valence-corrected chi connectivity index (χ3v) is 3.62. The molecule has 2 N–H and O–H groups in total. The van der Waals surface area contributed by atoms with Crippen LogP contribution in [0.1, 0.15) is 17.5 Å². The van der Waals surface area contributed by atoms with Gasteiger partial charge in [-0.2, -0.15) is 0 Å². The van der Waals surface area contributed by atoms with Crippen LogP contribution in [0.4, 0.5) is 0 Å². The number of carboxylic acid groups (broad SMARTS) is 2. The number of rotatable bonds is 2. The van der Waals surface area contributed by atoms with Crippen LogP contribution in [0.3, 0.4) is 0 Å². The van der Waals surface area contributed by atoms with Gasteiger partial charge in [-0.05, 0) is 28.7 Å². The van der Waals surface area contributed by atoms with Gasteiger partial charge < -0.3 is 10.2 Å². The summed E-state index contributed by atoms with van der Waals surface area (Å²) in [4.78, 5) is 22.9. The van der Waals surface area contributed by atoms with Gasteiger partial charge in [0.05, 0.1) is 0 Å². The molecule has 0 bridgehead atoms. The summed E-state index contributed by atoms with van der Waals surface area (Å²) in [5, 5.41) is 18.7. The molecule has 2 aliphatic carbocycles. The summed E-state index contributed by atoms with van der Waals surface area (Å²) < 4.78 is 0. The van der Waals surface area contributed by atoms with Crippen molar-refractivity contribution in [2.75, 3.05) is 0 Å². The Balaban J connectivity index is 2.25. The fourth-order valence-corrected chi connectivity index (χ4v) is 2.72. The van der Waals surface area contributed by atoms with E-state index in [1.807, 2.05) is 18.2 Å². The van der Waals surface area contributed by atoms with Crippen LogP contribution in [0, 0.1) is 5.41 Å². The Morgan fingerprint density at radius 3 is 2.28 bits per heavy atom. The van der Waals surface area contributed by atoms with Crippen molar-refractivity contribution >= 4 is 23.1 Å². The molecule has 2 aliphatic rings. The lowest BCUT2D eigenvalue weighted by atomic mass is 9.62. The monoisotopic (exact) mass is 242 g/mol. The summed E-state index contributed by atoms with van der Waals surface area (Å²) in [6, 6.07) is 7.29. The molecule has 3 rings (SSSR count). The average Bonchev–Trinajstić information content (AvgIpc) is 2.34. The predicted molar refractivity (Wildman–Crippen MR) is 64.7 cm³/mol. The Hall–Kier alpha value is -2.36. The second-order valence-electron chi connectivity index (χ2n) is 4.46. The zero-order valence-corrected chi connectivity index (χ0v) is 9.38. The Kier molecular flexibility index (Phi) is 1.99. The summed E-state index contributed by atoms with van der Waals surface area (Å²) in [6.45, 7) is 0. The fourth-order valence-electron chi connectivity index (χ4n) is 2.72. The van der Waals surface area contributed by atoms with Gasteiger partial charge in [0.15, 0.2) is 5.41 Å². The number of fused-ring (bicyclic) bond motifs is 3. The standard InChI is InChI=1S/C14H10O4/c15-12(16)14(13(17)18)7-3-6-10-8-4-1-2-5-9(8)11(10)14/h1-6H,7H2,(H,15,16)(H,17,18). The van der Waals surface area contributed by atoms with E-state index in [0.717, 1.165) is 16.7 Å². The van der Waals surface area contributed by atoms with Crippen LogP contribution in [-0.2, 0) is 9.59 Å². The van der Waals surface area contributed by atoms with Gasteiger partial charge in [0.25, 0.3) is 0 Å². The molecule has 1 aromatic carbocycles. The molecule has 0 spiro atoms. The fraction of sp³-hybridized carbons (Fsp3) is 0.143. The molecule has 90 valence electrons. The first-order chi connectivity index (χ1) is 8.59. The van der Waals surface area contributed by atoms with Crippen molar-refractivity contribution in [1.82, 2.24) is 0 Å². The van der Waals surface area contributed by atoms with E-state index < -0.39 is 17.4 Å². The summed E-state index contributed by atoms with van der Waals surface area (Å²) in [5.74, 6) is -2.61. The van der Waals surface area contributed by atoms with E-state index in [2.05, 4.69) is 0 Å². The lowest BCUT2D eigenvalue weighted by Gasteiger charge is -2.38. The topological polar surface area (TPSA) is 74.6 Å². The smallest absolute Gasteiger partial charge is 0.326 e. The maximum Gasteiger partial charge on any atom is 0.326 e. The van der Waals surface area contributed by atoms with Gasteiger partial charge in [0.1, 0.15) is 0 Å². The van der Waals surface area contributed by atoms with Crippen molar-refractivity contribution < 1.29 is 19.8 Å². The van der Waals surface area contributed by atoms with Crippen LogP contribution >= 0.6 is 0 Å². The van der Waals surface area contributed by atoms with Crippen LogP contribution in [0.5, 0.6) is 0 Å². The van der Waals surface area contributed by atoms with Crippen molar-refractivity contribution in [3.05, 3.63) is 47.5 Å². The van der Waals surface area contributed by atoms with Gasteiger partial charge in [-0.3, -0.25) is 9.59 Å². The number of aliphatic carboxylic acids is 2. The quantitative estimate of drug-likeness (QED) is 0.778. The highest BCUT2D eigenvalue weighted by atomic mass is 16.4. The molecule has 4 heteroatoms. The van der Waals surface area contributed by atoms with Crippen molar-refractivity contribution in [2.24, 2.45) is 5.41 Å². The molecule has 18 heavy (non-hydrogen) atoms. The number of hydrogen-bond acceptors (Lipinski definition) is 2. The normalized spacial score (nSPS) is 18.7. The van der Waals surface area contributed by atoms with Crippen LogP contribution in [0.2, 0.25) is 0 Å². The second-order valence-corrected chi connectivity index (χ2v) is 4.46. The zero-order valence-electron chi connectivity index (χ0n) is 9.38. The van der Waals surface area contributed by atoms with Crippen LogP contribution in [0.25, 0.3) is 11.1 Å². The Morgan fingerprint density at radius 2 is 1.67 bits per heavy atom. The minimum Gasteiger partial charge on any atom is -0.480 e. The largest absolute Gasteiger partial charge is 0.480 e. The molecule has 0 heterocycles. The SMILES string of the molecule is O=C(O)C1(C(=O)O)CC=CC2=C1c1ccccc12. The average molecular weight is 242 g/mol. The highest BCUT2D eigenvalue weighted by molar-refractivity contribution is 6.23. The lowest BCUT2D eigenvalue weighted by Crippen LogP contribution is -2.43. The maximum absolute atomic E-state index is 11.5. The van der Waals surface area contributed by atoms with Gasteiger partial charge in [0.2, 0.25) is 0 Å². The molecule has 0 amide bonds. The third-order valence-electron chi connectivity index (χ3n) is 3.62. The molecular weight excluding hydrogens is 232 g/mol. The van der Waals surface area contributed by atoms with Gasteiger partial charge in [-0.25, -0.2) is 0 Å². The number of benzene rings is 1. The minimum absolute atomic E-state index is 0.00909. The molecule has 0 unspecified atom stereocenters. The van der Waals surface area contributed by atoms with Gasteiger partial charge in [-0.1, -0.05) is 36.4 Å². The van der Waals surface area contributed by atoms with E-state index in [1.54, 1.807) is 18.2 Å². The number of allylic oxidation sites excluding steroid dienone is 3. The summed E-state index contributed by atoms with van der Waals surface area (Å²) in [5.41, 5.74) is 0.998. The lowest BCUT2D eigenvalue weighted by molar-refractivity contribution is -0.159. The molecule has 0 aromatic heterocycles. The molecule has 0 radical (unpaired) electrons. The minimum atomic E-state index is -1.83. The molecule has 0 fully saturated rings. The van der Waals surface area contributed by atoms with Gasteiger partial charge >= 0.3 is 11.9 Å².